The summed E-state index contributed by atoms with van der Waals surface area (Å²) in [7, 11) is 0. The maximum atomic E-state index is 13.8. The molecule has 0 aliphatic carbocycles. The van der Waals surface area contributed by atoms with Crippen LogP contribution in [0.4, 0.5) is 0 Å². The molecule has 8 heteroatoms. The van der Waals surface area contributed by atoms with Gasteiger partial charge in [-0.15, -0.1) is 0 Å². The molecule has 40 heavy (non-hydrogen) atoms. The molecule has 0 saturated carbocycles. The van der Waals surface area contributed by atoms with E-state index in [1.54, 1.807) is 29.2 Å². The van der Waals surface area contributed by atoms with Gasteiger partial charge in [0.05, 0.1) is 0 Å². The van der Waals surface area contributed by atoms with Gasteiger partial charge in [-0.25, -0.2) is 0 Å². The topological polar surface area (TPSA) is 77.1 Å². The highest BCUT2D eigenvalue weighted by atomic mass is 35.5. The van der Waals surface area contributed by atoms with Gasteiger partial charge in [0.1, 0.15) is 11.8 Å². The van der Waals surface area contributed by atoms with E-state index in [2.05, 4.69) is 5.32 Å². The minimum Gasteiger partial charge on any atom is -0.484 e. The molecule has 0 radical (unpaired) electrons. The van der Waals surface area contributed by atoms with Gasteiger partial charge in [-0.2, -0.15) is 0 Å². The standard InChI is InChI=1S/C32H29ClN2O5/c33-26-14-11-24(12-15-26)20-35(31(36)21-38-27-9-5-2-6-10-27)28(17-23-7-3-1-4-8-23)32(37)34-19-25-13-16-29-30(18-25)40-22-39-29/h1-16,18,28H,17,19-22H2,(H,34,37). The molecule has 204 valence electrons. The van der Waals surface area contributed by atoms with Gasteiger partial charge in [0.2, 0.25) is 12.7 Å². The lowest BCUT2D eigenvalue weighted by Crippen LogP contribution is -2.51. The Kier molecular flexibility index (Phi) is 8.83. The molecule has 1 N–H and O–H groups in total. The second-order valence-corrected chi connectivity index (χ2v) is 9.80. The molecule has 4 aromatic rings. The van der Waals surface area contributed by atoms with Crippen molar-refractivity contribution in [3.8, 4) is 17.2 Å². The van der Waals surface area contributed by atoms with Gasteiger partial charge in [0.25, 0.3) is 5.91 Å². The van der Waals surface area contributed by atoms with Crippen LogP contribution in [0.1, 0.15) is 16.7 Å². The molecule has 0 fully saturated rings. The number of ether oxygens (including phenoxy) is 3. The molecule has 0 saturated heterocycles. The van der Waals surface area contributed by atoms with E-state index in [1.807, 2.05) is 78.9 Å². The summed E-state index contributed by atoms with van der Waals surface area (Å²) >= 11 is 6.10. The van der Waals surface area contributed by atoms with Crippen molar-refractivity contribution < 1.29 is 23.8 Å². The second-order valence-electron chi connectivity index (χ2n) is 9.36. The Morgan fingerprint density at radius 2 is 1.50 bits per heavy atom. The van der Waals surface area contributed by atoms with Gasteiger partial charge >= 0.3 is 0 Å². The van der Waals surface area contributed by atoms with Crippen LogP contribution in [0.3, 0.4) is 0 Å². The van der Waals surface area contributed by atoms with Gasteiger partial charge in [0, 0.05) is 24.5 Å². The quantitative estimate of drug-likeness (QED) is 0.267. The van der Waals surface area contributed by atoms with Crippen molar-refractivity contribution in [3.05, 3.63) is 125 Å². The van der Waals surface area contributed by atoms with Crippen LogP contribution in [0.25, 0.3) is 0 Å². The highest BCUT2D eigenvalue weighted by molar-refractivity contribution is 6.30. The molecule has 4 aromatic carbocycles. The third-order valence-corrected chi connectivity index (χ3v) is 6.80. The van der Waals surface area contributed by atoms with E-state index in [9.17, 15) is 9.59 Å². The first-order valence-electron chi connectivity index (χ1n) is 13.0. The maximum Gasteiger partial charge on any atom is 0.261 e. The Labute approximate surface area is 238 Å². The first-order chi connectivity index (χ1) is 19.5. The molecule has 0 spiro atoms. The number of hydrogen-bond donors (Lipinski definition) is 1. The molecule has 7 nitrogen and oxygen atoms in total. The summed E-state index contributed by atoms with van der Waals surface area (Å²) in [4.78, 5) is 29.1. The summed E-state index contributed by atoms with van der Waals surface area (Å²) in [6.07, 6.45) is 0.332. The fourth-order valence-electron chi connectivity index (χ4n) is 4.44. The van der Waals surface area contributed by atoms with Crippen molar-refractivity contribution >= 4 is 23.4 Å². The normalized spacial score (nSPS) is 12.4. The molecule has 1 aliphatic rings. The Balaban J connectivity index is 1.39. The van der Waals surface area contributed by atoms with E-state index in [0.29, 0.717) is 28.7 Å². The van der Waals surface area contributed by atoms with Crippen molar-refractivity contribution in [1.29, 1.82) is 0 Å². The van der Waals surface area contributed by atoms with Crippen molar-refractivity contribution in [1.82, 2.24) is 10.2 Å². The van der Waals surface area contributed by atoms with Crippen LogP contribution in [-0.4, -0.2) is 36.2 Å². The second kappa shape index (κ2) is 13.0. The third-order valence-electron chi connectivity index (χ3n) is 6.55. The maximum absolute atomic E-state index is 13.8. The molecule has 5 rings (SSSR count). The average molecular weight is 557 g/mol. The van der Waals surface area contributed by atoms with E-state index in [4.69, 9.17) is 25.8 Å². The van der Waals surface area contributed by atoms with Gasteiger partial charge in [-0.3, -0.25) is 9.59 Å². The number of halogens is 1. The molecule has 0 bridgehead atoms. The minimum absolute atomic E-state index is 0.178. The molecular formula is C32H29ClN2O5. The molecule has 1 atom stereocenters. The zero-order valence-electron chi connectivity index (χ0n) is 21.8. The molecular weight excluding hydrogens is 528 g/mol. The number of nitrogens with zero attached hydrogens (tertiary/aromatic N) is 1. The lowest BCUT2D eigenvalue weighted by Gasteiger charge is -2.31. The van der Waals surface area contributed by atoms with E-state index in [-0.39, 0.29) is 38.3 Å². The lowest BCUT2D eigenvalue weighted by molar-refractivity contribution is -0.142. The van der Waals surface area contributed by atoms with Crippen molar-refractivity contribution in [2.75, 3.05) is 13.4 Å². The molecule has 2 amide bonds. The van der Waals surface area contributed by atoms with Crippen LogP contribution in [-0.2, 0) is 29.1 Å². The highest BCUT2D eigenvalue weighted by Crippen LogP contribution is 2.32. The Morgan fingerprint density at radius 3 is 2.25 bits per heavy atom. The zero-order valence-corrected chi connectivity index (χ0v) is 22.6. The van der Waals surface area contributed by atoms with Crippen molar-refractivity contribution in [3.63, 3.8) is 0 Å². The number of rotatable bonds is 11. The Morgan fingerprint density at radius 1 is 0.825 bits per heavy atom. The highest BCUT2D eigenvalue weighted by Gasteiger charge is 2.31. The van der Waals surface area contributed by atoms with Crippen LogP contribution >= 0.6 is 11.6 Å². The largest absolute Gasteiger partial charge is 0.484 e. The fourth-order valence-corrected chi connectivity index (χ4v) is 4.57. The number of amides is 2. The van der Waals surface area contributed by atoms with Crippen LogP contribution < -0.4 is 19.5 Å². The number of nitrogens with one attached hydrogen (secondary N) is 1. The minimum atomic E-state index is -0.793. The van der Waals surface area contributed by atoms with Crippen LogP contribution in [0.5, 0.6) is 17.2 Å². The lowest BCUT2D eigenvalue weighted by atomic mass is 10.0. The Bertz CT molecular complexity index is 1430. The number of benzene rings is 4. The molecule has 1 heterocycles. The first kappa shape index (κ1) is 27.1. The molecule has 1 aliphatic heterocycles. The van der Waals surface area contributed by atoms with Crippen LogP contribution in [0, 0.1) is 0 Å². The monoisotopic (exact) mass is 556 g/mol. The predicted molar refractivity (Wildman–Crippen MR) is 152 cm³/mol. The summed E-state index contributed by atoms with van der Waals surface area (Å²) in [5.41, 5.74) is 2.64. The summed E-state index contributed by atoms with van der Waals surface area (Å²) in [6.45, 7) is 0.447. The fraction of sp³-hybridized carbons (Fsp3) is 0.188. The van der Waals surface area contributed by atoms with Gasteiger partial charge < -0.3 is 24.4 Å². The smallest absolute Gasteiger partial charge is 0.261 e. The number of hydrogen-bond acceptors (Lipinski definition) is 5. The molecule has 0 aromatic heterocycles. The van der Waals surface area contributed by atoms with E-state index in [0.717, 1.165) is 16.7 Å². The third kappa shape index (κ3) is 7.12. The van der Waals surface area contributed by atoms with Gasteiger partial charge in [0.15, 0.2) is 18.1 Å². The molecule has 1 unspecified atom stereocenters. The number of para-hydroxylation sites is 1. The first-order valence-corrected chi connectivity index (χ1v) is 13.3. The van der Waals surface area contributed by atoms with Gasteiger partial charge in [-0.1, -0.05) is 78.3 Å². The summed E-state index contributed by atoms with van der Waals surface area (Å²) < 4.78 is 16.6. The predicted octanol–water partition coefficient (Wildman–Crippen LogP) is 5.40. The Hall–Kier alpha value is -4.49. The van der Waals surface area contributed by atoms with E-state index in [1.165, 1.54) is 0 Å². The van der Waals surface area contributed by atoms with Crippen LogP contribution in [0.15, 0.2) is 103 Å². The number of carbonyl (C=O) groups excluding carboxylic acids is 2. The van der Waals surface area contributed by atoms with E-state index < -0.39 is 6.04 Å². The van der Waals surface area contributed by atoms with Crippen LogP contribution in [0.2, 0.25) is 5.02 Å². The van der Waals surface area contributed by atoms with Gasteiger partial charge in [-0.05, 0) is 53.1 Å². The zero-order chi connectivity index (χ0) is 27.7. The van der Waals surface area contributed by atoms with Crippen molar-refractivity contribution in [2.24, 2.45) is 0 Å². The number of fused-ring (bicyclic) bond motifs is 1. The number of carbonyl (C=O) groups is 2. The van der Waals surface area contributed by atoms with E-state index >= 15 is 0 Å². The SMILES string of the molecule is O=C(NCc1ccc2c(c1)OCO2)C(Cc1ccccc1)N(Cc1ccc(Cl)cc1)C(=O)COc1ccccc1. The van der Waals surface area contributed by atoms with Crippen molar-refractivity contribution in [2.45, 2.75) is 25.6 Å². The summed E-state index contributed by atoms with van der Waals surface area (Å²) in [6, 6.07) is 30.8. The summed E-state index contributed by atoms with van der Waals surface area (Å²) in [5, 5.41) is 3.62. The average Bonchev–Trinajstić information content (AvgIpc) is 3.46. The summed E-state index contributed by atoms with van der Waals surface area (Å²) in [5.74, 6) is 1.32.